The van der Waals surface area contributed by atoms with E-state index in [1.54, 1.807) is 0 Å². The molecule has 1 aromatic carbocycles. The quantitative estimate of drug-likeness (QED) is 0.826. The van der Waals surface area contributed by atoms with Crippen molar-refractivity contribution in [2.75, 3.05) is 5.32 Å². The Kier molecular flexibility index (Phi) is 2.25. The van der Waals surface area contributed by atoms with Gasteiger partial charge < -0.3 is 5.32 Å². The maximum absolute atomic E-state index is 4.08. The lowest BCUT2D eigenvalue weighted by molar-refractivity contribution is 0.749. The highest BCUT2D eigenvalue weighted by Crippen LogP contribution is 2.32. The van der Waals surface area contributed by atoms with E-state index in [2.05, 4.69) is 44.5 Å². The number of aryl methyl sites for hydroxylation is 1. The largest absolute Gasteiger partial charge is 0.347 e. The highest BCUT2D eigenvalue weighted by molar-refractivity contribution is 5.39. The Balaban J connectivity index is 1.84. The Morgan fingerprint density at radius 1 is 1.12 bits per heavy atom. The smallest absolute Gasteiger partial charge is 0.226 e. The zero-order valence-electron chi connectivity index (χ0n) is 8.80. The van der Waals surface area contributed by atoms with Crippen LogP contribution in [0.15, 0.2) is 36.9 Å². The van der Waals surface area contributed by atoms with Gasteiger partial charge in [-0.3, -0.25) is 0 Å². The molecule has 1 aliphatic rings. The van der Waals surface area contributed by atoms with Gasteiger partial charge in [0.1, 0.15) is 12.7 Å². The first-order valence-corrected chi connectivity index (χ1v) is 5.40. The molecule has 0 amide bonds. The summed E-state index contributed by atoms with van der Waals surface area (Å²) >= 11 is 0. The molecular formula is C12H12N4. The summed E-state index contributed by atoms with van der Waals surface area (Å²) in [5.74, 6) is 0.650. The normalized spacial score (nSPS) is 18.1. The molecule has 1 N–H and O–H groups in total. The van der Waals surface area contributed by atoms with Crippen LogP contribution in [-0.4, -0.2) is 15.0 Å². The summed E-state index contributed by atoms with van der Waals surface area (Å²) < 4.78 is 0. The number of hydrogen-bond donors (Lipinski definition) is 1. The minimum Gasteiger partial charge on any atom is -0.347 e. The van der Waals surface area contributed by atoms with Gasteiger partial charge in [-0.1, -0.05) is 24.3 Å². The fourth-order valence-electron chi connectivity index (χ4n) is 2.18. The zero-order valence-corrected chi connectivity index (χ0v) is 8.80. The molecular weight excluding hydrogens is 200 g/mol. The molecule has 0 fully saturated rings. The minimum absolute atomic E-state index is 0.332. The summed E-state index contributed by atoms with van der Waals surface area (Å²) in [6.45, 7) is 0. The van der Waals surface area contributed by atoms with E-state index < -0.39 is 0 Å². The predicted octanol–water partition coefficient (Wildman–Crippen LogP) is 1.97. The molecule has 3 rings (SSSR count). The fraction of sp³-hybridized carbons (Fsp3) is 0.250. The second-order valence-corrected chi connectivity index (χ2v) is 3.90. The number of nitrogens with one attached hydrogen (secondary N) is 1. The van der Waals surface area contributed by atoms with Crippen molar-refractivity contribution in [2.45, 2.75) is 18.9 Å². The van der Waals surface area contributed by atoms with Crippen LogP contribution >= 0.6 is 0 Å². The van der Waals surface area contributed by atoms with E-state index in [9.17, 15) is 0 Å². The van der Waals surface area contributed by atoms with Crippen molar-refractivity contribution in [1.29, 1.82) is 0 Å². The SMILES string of the molecule is c1ccc2c(c1)CCC2Nc1ncncn1. The number of nitrogens with zero attached hydrogens (tertiary/aromatic N) is 3. The van der Waals surface area contributed by atoms with Gasteiger partial charge in [-0.25, -0.2) is 15.0 Å². The lowest BCUT2D eigenvalue weighted by atomic mass is 10.1. The second kappa shape index (κ2) is 3.89. The van der Waals surface area contributed by atoms with Crippen molar-refractivity contribution in [3.63, 3.8) is 0 Å². The topological polar surface area (TPSA) is 50.7 Å². The molecule has 0 saturated heterocycles. The summed E-state index contributed by atoms with van der Waals surface area (Å²) in [4.78, 5) is 12.0. The van der Waals surface area contributed by atoms with Gasteiger partial charge in [0.2, 0.25) is 5.95 Å². The maximum atomic E-state index is 4.08. The Labute approximate surface area is 93.8 Å². The third-order valence-corrected chi connectivity index (χ3v) is 2.93. The number of rotatable bonds is 2. The Bertz CT molecular complexity index is 483. The highest BCUT2D eigenvalue weighted by Gasteiger charge is 2.21. The van der Waals surface area contributed by atoms with Gasteiger partial charge in [0, 0.05) is 0 Å². The highest BCUT2D eigenvalue weighted by atomic mass is 15.1. The van der Waals surface area contributed by atoms with E-state index in [1.807, 2.05) is 0 Å². The number of hydrogen-bond acceptors (Lipinski definition) is 4. The van der Waals surface area contributed by atoms with Crippen molar-refractivity contribution in [3.8, 4) is 0 Å². The van der Waals surface area contributed by atoms with Crippen molar-refractivity contribution in [1.82, 2.24) is 15.0 Å². The molecule has 0 radical (unpaired) electrons. The zero-order chi connectivity index (χ0) is 10.8. The van der Waals surface area contributed by atoms with E-state index in [-0.39, 0.29) is 0 Å². The lowest BCUT2D eigenvalue weighted by Crippen LogP contribution is -2.09. The van der Waals surface area contributed by atoms with E-state index >= 15 is 0 Å². The maximum Gasteiger partial charge on any atom is 0.226 e. The molecule has 0 spiro atoms. The Morgan fingerprint density at radius 3 is 2.81 bits per heavy atom. The van der Waals surface area contributed by atoms with Crippen LogP contribution in [0.2, 0.25) is 0 Å². The Morgan fingerprint density at radius 2 is 1.94 bits per heavy atom. The molecule has 0 aliphatic heterocycles. The van der Waals surface area contributed by atoms with Gasteiger partial charge in [-0.15, -0.1) is 0 Å². The monoisotopic (exact) mass is 212 g/mol. The second-order valence-electron chi connectivity index (χ2n) is 3.90. The Hall–Kier alpha value is -1.97. The first-order chi connectivity index (χ1) is 7.93. The van der Waals surface area contributed by atoms with E-state index in [0.29, 0.717) is 12.0 Å². The van der Waals surface area contributed by atoms with Crippen LogP contribution in [0, 0.1) is 0 Å². The first-order valence-electron chi connectivity index (χ1n) is 5.40. The van der Waals surface area contributed by atoms with Crippen LogP contribution in [0.1, 0.15) is 23.6 Å². The first kappa shape index (κ1) is 9.27. The summed E-state index contributed by atoms with van der Waals surface area (Å²) in [5.41, 5.74) is 2.79. The third-order valence-electron chi connectivity index (χ3n) is 2.93. The summed E-state index contributed by atoms with van der Waals surface area (Å²) in [7, 11) is 0. The predicted molar refractivity (Wildman–Crippen MR) is 61.0 cm³/mol. The molecule has 0 saturated carbocycles. The van der Waals surface area contributed by atoms with E-state index in [1.165, 1.54) is 23.8 Å². The van der Waals surface area contributed by atoms with Crippen molar-refractivity contribution in [2.24, 2.45) is 0 Å². The molecule has 4 nitrogen and oxygen atoms in total. The molecule has 2 aromatic rings. The van der Waals surface area contributed by atoms with E-state index in [0.717, 1.165) is 12.8 Å². The lowest BCUT2D eigenvalue weighted by Gasteiger charge is -2.13. The standard InChI is InChI=1S/C12H12N4/c1-2-4-10-9(3-1)5-6-11(10)16-12-14-7-13-8-15-12/h1-4,7-8,11H,5-6H2,(H,13,14,15,16). The molecule has 80 valence electrons. The summed E-state index contributed by atoms with van der Waals surface area (Å²) in [5, 5.41) is 3.33. The molecule has 1 unspecified atom stereocenters. The van der Waals surface area contributed by atoms with Crippen LogP contribution in [0.4, 0.5) is 5.95 Å². The molecule has 0 bridgehead atoms. The van der Waals surface area contributed by atoms with Crippen molar-refractivity contribution < 1.29 is 0 Å². The van der Waals surface area contributed by atoms with Crippen LogP contribution in [0.5, 0.6) is 0 Å². The molecule has 1 heterocycles. The molecule has 16 heavy (non-hydrogen) atoms. The van der Waals surface area contributed by atoms with E-state index in [4.69, 9.17) is 0 Å². The molecule has 1 atom stereocenters. The average molecular weight is 212 g/mol. The number of anilines is 1. The number of benzene rings is 1. The van der Waals surface area contributed by atoms with Crippen molar-refractivity contribution in [3.05, 3.63) is 48.0 Å². The molecule has 1 aliphatic carbocycles. The van der Waals surface area contributed by atoms with Gasteiger partial charge in [0.05, 0.1) is 6.04 Å². The van der Waals surface area contributed by atoms with Crippen LogP contribution < -0.4 is 5.32 Å². The summed E-state index contributed by atoms with van der Waals surface area (Å²) in [6.07, 6.45) is 5.25. The van der Waals surface area contributed by atoms with Crippen LogP contribution in [0.3, 0.4) is 0 Å². The van der Waals surface area contributed by atoms with Crippen LogP contribution in [0.25, 0.3) is 0 Å². The minimum atomic E-state index is 0.332. The van der Waals surface area contributed by atoms with Gasteiger partial charge in [0.25, 0.3) is 0 Å². The summed E-state index contributed by atoms with van der Waals surface area (Å²) in [6, 6.07) is 8.85. The average Bonchev–Trinajstić information content (AvgIpc) is 2.74. The number of fused-ring (bicyclic) bond motifs is 1. The third kappa shape index (κ3) is 1.62. The van der Waals surface area contributed by atoms with Crippen LogP contribution in [-0.2, 0) is 6.42 Å². The fourth-order valence-corrected chi connectivity index (χ4v) is 2.18. The molecule has 1 aromatic heterocycles. The molecule has 4 heteroatoms. The van der Waals surface area contributed by atoms with Crippen molar-refractivity contribution >= 4 is 5.95 Å². The van der Waals surface area contributed by atoms with Gasteiger partial charge in [-0.05, 0) is 24.0 Å². The number of aromatic nitrogens is 3. The van der Waals surface area contributed by atoms with Gasteiger partial charge in [0.15, 0.2) is 0 Å². The van der Waals surface area contributed by atoms with Gasteiger partial charge in [-0.2, -0.15) is 0 Å². The van der Waals surface area contributed by atoms with Gasteiger partial charge >= 0.3 is 0 Å².